The van der Waals surface area contributed by atoms with E-state index in [1.165, 1.54) is 59.6 Å². The molecule has 4 aliphatic heterocycles. The summed E-state index contributed by atoms with van der Waals surface area (Å²) in [7, 11) is 1.70. The van der Waals surface area contributed by atoms with Crippen molar-refractivity contribution in [3.05, 3.63) is 230 Å². The average Bonchev–Trinajstić information content (AvgIpc) is 1.59. The van der Waals surface area contributed by atoms with Gasteiger partial charge in [0.1, 0.15) is 105 Å². The third-order valence-electron chi connectivity index (χ3n) is 23.5. The third kappa shape index (κ3) is 23.5. The van der Waals surface area contributed by atoms with Gasteiger partial charge in [0.25, 0.3) is 32.1 Å². The number of ether oxygens (including phenoxy) is 1. The number of rotatable bonds is 26. The predicted molar refractivity (Wildman–Crippen MR) is 487 cm³/mol. The lowest BCUT2D eigenvalue weighted by Gasteiger charge is -2.35. The lowest BCUT2D eigenvalue weighted by atomic mass is 10.0. The van der Waals surface area contributed by atoms with E-state index >= 15 is 0 Å². The Balaban J connectivity index is 0.000000146. The summed E-state index contributed by atoms with van der Waals surface area (Å²) >= 11 is 0. The van der Waals surface area contributed by atoms with Crippen molar-refractivity contribution in [3.8, 4) is 6.07 Å². The number of hydrogen-bond donors (Lipinski definition) is 6. The number of carboxylic acids is 1. The fourth-order valence-corrected chi connectivity index (χ4v) is 16.4. The van der Waals surface area contributed by atoms with Gasteiger partial charge in [-0.05, 0) is 85.7 Å². The first kappa shape index (κ1) is 98.8. The maximum absolute atomic E-state index is 14.7. The van der Waals surface area contributed by atoms with Gasteiger partial charge < -0.3 is 56.0 Å². The van der Waals surface area contributed by atoms with E-state index < -0.39 is 120 Å². The van der Waals surface area contributed by atoms with E-state index in [4.69, 9.17) is 10.00 Å². The molecule has 0 bridgehead atoms. The molecule has 17 rings (SSSR count). The van der Waals surface area contributed by atoms with Crippen molar-refractivity contribution in [2.24, 2.45) is 0 Å². The fourth-order valence-electron chi connectivity index (χ4n) is 16.4. The van der Waals surface area contributed by atoms with Crippen molar-refractivity contribution in [1.29, 1.82) is 5.26 Å². The Kier molecular flexibility index (Phi) is 31.5. The summed E-state index contributed by atoms with van der Waals surface area (Å²) in [5.41, 5.74) is 1.46. The highest BCUT2D eigenvalue weighted by molar-refractivity contribution is 5.95. The zero-order valence-electron chi connectivity index (χ0n) is 75.6. The Morgan fingerprint density at radius 3 is 1.09 bits per heavy atom. The van der Waals surface area contributed by atoms with E-state index in [2.05, 4.69) is 112 Å². The Hall–Kier alpha value is -14.2. The second-order valence-corrected chi connectivity index (χ2v) is 33.0. The first-order valence-corrected chi connectivity index (χ1v) is 43.7. The van der Waals surface area contributed by atoms with Gasteiger partial charge in [0.05, 0.1) is 138 Å². The monoisotopic (exact) mass is 1910 g/mol. The minimum absolute atomic E-state index is 0.0110. The highest BCUT2D eigenvalue weighted by atomic mass is 19.3. The second kappa shape index (κ2) is 43.6. The standard InChI is InChI=1S/C24H21F3N8.C24H29F3N6O.C23H25F5N6.C22H21F3N6O3/c1-13(17-4-3-5-18(22(17)25)23(26)27)30-24-19-9-21(29-11-20(19)31-14(2)32-24)34-6-7-35-16(12-34)8-15(10-28)33-35;1-15(17-5-4-6-18(22(17)25)23(26)27)29-24-19-13-21(28-14-20(19)30-16(2)31-24)33-9-7-32(8-10-33)11-12-34-3;1-13(15-4-3-5-16(21(15)26)22(27)28)30-23-17-10-20(29-11-18(17)31-14(2)32-23)34-8-6-33(7-9-34)12-19(24)25;1-10(12-4-3-5-13(19(12)23)20(24)25)27-21-14-6-17(26-7-15(14)28-11(2)29-21)31-8-16(22(33)34)30-18(32)9-31/h3-5,8-9,11,13,23H,6-7,12H2,1-2H3,(H,30,31,32);4-6,13-15,23H,7-12H2,1-3H3,(H,29,30,31);3-5,10-11,13,19,22H,6-9,12H2,1-2H3,(H,30,31,32);3-7,10,16,20H,8-9H2,1-2H3,(H,30,32)(H,33,34)(H,27,28,29)/t13-;15-;13-;10-,16-/m1111/s1. The first-order chi connectivity index (χ1) is 65.6. The van der Waals surface area contributed by atoms with Crippen molar-refractivity contribution >= 4 is 102 Å². The molecule has 0 radical (unpaired) electrons. The maximum atomic E-state index is 14.7. The summed E-state index contributed by atoms with van der Waals surface area (Å²) in [6.07, 6.45) is -7.56. The van der Waals surface area contributed by atoms with Crippen molar-refractivity contribution < 1.29 is 80.9 Å². The van der Waals surface area contributed by atoms with E-state index in [0.717, 1.165) is 73.9 Å². The van der Waals surface area contributed by atoms with Crippen LogP contribution in [0, 0.1) is 62.3 Å². The molecule has 5 atom stereocenters. The van der Waals surface area contributed by atoms with E-state index in [0.29, 0.717) is 160 Å². The zero-order chi connectivity index (χ0) is 97.9. The number of benzene rings is 4. The zero-order valence-corrected chi connectivity index (χ0v) is 75.6. The van der Waals surface area contributed by atoms with Crippen LogP contribution in [0.5, 0.6) is 0 Å². The number of methoxy groups -OCH3 is 1. The molecule has 9 aromatic heterocycles. The molecule has 0 spiro atoms. The van der Waals surface area contributed by atoms with E-state index in [1.54, 1.807) is 104 Å². The van der Waals surface area contributed by atoms with Crippen LogP contribution in [0.4, 0.5) is 108 Å². The van der Waals surface area contributed by atoms with Crippen LogP contribution < -0.4 is 46.2 Å². The summed E-state index contributed by atoms with van der Waals surface area (Å²) < 4.78 is 196. The number of aliphatic carboxylic acids is 1. The topological polar surface area (TPSA) is 339 Å². The normalized spacial score (nSPS) is 15.7. The quantitative estimate of drug-likeness (QED) is 0.0274. The molecule has 6 N–H and O–H groups in total. The van der Waals surface area contributed by atoms with E-state index in [-0.39, 0.29) is 41.9 Å². The van der Waals surface area contributed by atoms with Gasteiger partial charge in [-0.3, -0.25) is 19.3 Å². The molecule has 0 aliphatic carbocycles. The van der Waals surface area contributed by atoms with Gasteiger partial charge in [0.2, 0.25) is 5.91 Å². The smallest absolute Gasteiger partial charge is 0.328 e. The van der Waals surface area contributed by atoms with Crippen LogP contribution in [0.1, 0.15) is 157 Å². The number of aromatic nitrogens is 14. The van der Waals surface area contributed by atoms with Crippen molar-refractivity contribution in [3.63, 3.8) is 0 Å². The molecule has 720 valence electrons. The summed E-state index contributed by atoms with van der Waals surface area (Å²) in [4.78, 5) is 88.7. The Labute approximate surface area is 776 Å². The van der Waals surface area contributed by atoms with Crippen molar-refractivity contribution in [1.82, 2.24) is 84.7 Å². The number of piperazine rings is 3. The van der Waals surface area contributed by atoms with Gasteiger partial charge in [-0.15, -0.1) is 0 Å². The number of nitrogens with zero attached hydrogens (tertiary/aromatic N) is 21. The van der Waals surface area contributed by atoms with Crippen LogP contribution in [0.2, 0.25) is 0 Å². The second-order valence-electron chi connectivity index (χ2n) is 33.0. The van der Waals surface area contributed by atoms with Crippen molar-refractivity contribution in [2.45, 2.75) is 131 Å². The molecule has 1 amide bonds. The number of anilines is 8. The lowest BCUT2D eigenvalue weighted by molar-refractivity contribution is -0.142. The number of pyridine rings is 4. The Bertz CT molecular complexity index is 6570. The van der Waals surface area contributed by atoms with Gasteiger partial charge >= 0.3 is 5.97 Å². The predicted octanol–water partition coefficient (Wildman–Crippen LogP) is 17.0. The van der Waals surface area contributed by atoms with E-state index in [1.807, 2.05) is 21.7 Å². The number of aryl methyl sites for hydroxylation is 4. The largest absolute Gasteiger partial charge is 0.480 e. The fraction of sp³-hybridized carbons (Fsp3) is 0.376. The lowest BCUT2D eigenvalue weighted by Crippen LogP contribution is -2.57. The molecule has 0 unspecified atom stereocenters. The van der Waals surface area contributed by atoms with Crippen LogP contribution in [-0.2, 0) is 27.4 Å². The minimum atomic E-state index is -2.95. The number of nitriles is 1. The van der Waals surface area contributed by atoms with Gasteiger partial charge in [0, 0.05) is 116 Å². The maximum Gasteiger partial charge on any atom is 0.328 e. The molecule has 3 fully saturated rings. The molecule has 137 heavy (non-hydrogen) atoms. The Morgan fingerprint density at radius 2 is 0.774 bits per heavy atom. The van der Waals surface area contributed by atoms with Crippen molar-refractivity contribution in [2.75, 3.05) is 140 Å². The summed E-state index contributed by atoms with van der Waals surface area (Å²) in [6, 6.07) is 23.1. The van der Waals surface area contributed by atoms with Crippen LogP contribution in [-0.4, -0.2) is 208 Å². The first-order valence-electron chi connectivity index (χ1n) is 43.7. The number of carbonyl (C=O) groups is 2. The number of carboxylic acid groups (broad SMARTS) is 1. The molecular weight excluding hydrogens is 1810 g/mol. The molecule has 44 heteroatoms. The highest BCUT2D eigenvalue weighted by Crippen LogP contribution is 2.39. The number of alkyl halides is 10. The number of amides is 1. The average molecular weight is 1910 g/mol. The molecule has 4 aromatic carbocycles. The summed E-state index contributed by atoms with van der Waals surface area (Å²) in [6.45, 7) is 22.2. The molecular formula is C93H96F14N26O4. The van der Waals surface area contributed by atoms with E-state index in [9.17, 15) is 76.2 Å². The van der Waals surface area contributed by atoms with Gasteiger partial charge in [-0.25, -0.2) is 126 Å². The number of halogens is 14. The molecule has 13 aromatic rings. The van der Waals surface area contributed by atoms with Gasteiger partial charge in [-0.1, -0.05) is 72.8 Å². The summed E-state index contributed by atoms with van der Waals surface area (Å²) in [5.74, 6) is 0.719. The Morgan fingerprint density at radius 1 is 0.453 bits per heavy atom. The molecule has 30 nitrogen and oxygen atoms in total. The van der Waals surface area contributed by atoms with Crippen LogP contribution in [0.25, 0.3) is 43.6 Å². The van der Waals surface area contributed by atoms with Gasteiger partial charge in [0.15, 0.2) is 5.69 Å². The van der Waals surface area contributed by atoms with Crippen LogP contribution in [0.15, 0.2) is 128 Å². The number of nitrogens with one attached hydrogen (secondary N) is 5. The third-order valence-corrected chi connectivity index (χ3v) is 23.5. The van der Waals surface area contributed by atoms with Crippen LogP contribution >= 0.6 is 0 Å². The summed E-state index contributed by atoms with van der Waals surface area (Å²) in [5, 5.41) is 40.2. The molecule has 3 saturated heterocycles. The highest BCUT2D eigenvalue weighted by Gasteiger charge is 2.34. The number of carbonyl (C=O) groups excluding carboxylic acids is 1. The molecule has 13 heterocycles. The molecule has 4 aliphatic rings. The minimum Gasteiger partial charge on any atom is -0.480 e. The molecule has 0 saturated carbocycles. The number of fused-ring (bicyclic) bond motifs is 5. The SMILES string of the molecule is COCCN1CCN(c2cc3c(N[C@H](C)c4cccc(C(F)F)c4F)nc(C)nc3cn2)CC1.Cc1nc(N[C@H](C)c2cccc(C(F)F)c2F)c2cc(N3CC(=O)N[C@@H](C(=O)O)C3)ncc2n1.Cc1nc(N[C@H](C)c2cccc(C(F)F)c2F)c2cc(N3CCN(CC(F)F)CC3)ncc2n1.Cc1nc(N[C@H](C)c2cccc(C(F)F)c2F)c2cc(N3CCn4nc(C#N)cc4C3)ncc2n1. The number of hydrogen-bond acceptors (Lipinski definition) is 27. The van der Waals surface area contributed by atoms with Gasteiger partial charge in [-0.2, -0.15) is 10.4 Å². The van der Waals surface area contributed by atoms with Crippen LogP contribution in [0.3, 0.4) is 0 Å².